The number of anilines is 1. The highest BCUT2D eigenvalue weighted by Crippen LogP contribution is 2.54. The maximum Gasteiger partial charge on any atom is 0.187 e. The highest BCUT2D eigenvalue weighted by Gasteiger charge is 2.47. The summed E-state index contributed by atoms with van der Waals surface area (Å²) in [6.07, 6.45) is -5.52. The molecule has 0 bridgehead atoms. The minimum Gasteiger partial charge on any atom is -0.394 e. The molecule has 1 aromatic heterocycles. The van der Waals surface area contributed by atoms with Gasteiger partial charge in [-0.05, 0) is 23.3 Å². The number of aromatic nitrogens is 1. The molecule has 3 heterocycles. The number of rotatable bonds is 3. The molecule has 2 unspecified atom stereocenters. The van der Waals surface area contributed by atoms with Crippen molar-refractivity contribution in [3.05, 3.63) is 71.9 Å². The Bertz CT molecular complexity index is 1190. The molecule has 8 heteroatoms. The first-order chi connectivity index (χ1) is 16.1. The van der Waals surface area contributed by atoms with Gasteiger partial charge in [0.15, 0.2) is 6.29 Å². The fourth-order valence-electron chi connectivity index (χ4n) is 5.16. The van der Waals surface area contributed by atoms with Gasteiger partial charge in [-0.15, -0.1) is 0 Å². The Morgan fingerprint density at radius 3 is 2.45 bits per heavy atom. The van der Waals surface area contributed by atoms with Gasteiger partial charge in [0.05, 0.1) is 18.3 Å². The summed E-state index contributed by atoms with van der Waals surface area (Å²) in [4.78, 5) is 4.69. The van der Waals surface area contributed by atoms with E-state index in [-0.39, 0.29) is 6.04 Å². The van der Waals surface area contributed by atoms with Crippen molar-refractivity contribution in [3.8, 4) is 22.4 Å². The van der Waals surface area contributed by atoms with Crippen LogP contribution in [0.1, 0.15) is 23.3 Å². The Hall–Kier alpha value is -2.85. The maximum atomic E-state index is 10.6. The van der Waals surface area contributed by atoms with E-state index in [0.29, 0.717) is 0 Å². The summed E-state index contributed by atoms with van der Waals surface area (Å²) in [5.41, 5.74) is 6.71. The van der Waals surface area contributed by atoms with Gasteiger partial charge in [0, 0.05) is 28.6 Å². The molecule has 5 N–H and O–H groups in total. The number of fused-ring (bicyclic) bond motifs is 4. The lowest BCUT2D eigenvalue weighted by atomic mass is 9.77. The Labute approximate surface area is 190 Å². The van der Waals surface area contributed by atoms with Crippen LogP contribution in [-0.2, 0) is 9.47 Å². The standard InChI is InChI=1S/C25H24N2O6/c28-11-17-21(29)22(30)23(31)25(32-17)33-24-15-7-2-1-6-14(15)19-18-13(9-10-26-19)12-5-3-4-8-16(12)27-20(18)24/h1-10,17,20-25,27-31H,11H2/t17-,20?,21-,22+,23-,24?,25+/m1/s1. The van der Waals surface area contributed by atoms with Crippen LogP contribution in [0, 0.1) is 0 Å². The third kappa shape index (κ3) is 3.11. The monoisotopic (exact) mass is 448 g/mol. The van der Waals surface area contributed by atoms with Crippen molar-refractivity contribution in [3.63, 3.8) is 0 Å². The number of ether oxygens (including phenoxy) is 2. The van der Waals surface area contributed by atoms with Crippen LogP contribution >= 0.6 is 0 Å². The lowest BCUT2D eigenvalue weighted by molar-refractivity contribution is -0.313. The van der Waals surface area contributed by atoms with E-state index in [4.69, 9.17) is 9.47 Å². The number of aliphatic hydroxyl groups is 4. The summed E-state index contributed by atoms with van der Waals surface area (Å²) in [6.45, 7) is -0.516. The van der Waals surface area contributed by atoms with Gasteiger partial charge in [0.1, 0.15) is 30.5 Å². The van der Waals surface area contributed by atoms with Gasteiger partial charge >= 0.3 is 0 Å². The van der Waals surface area contributed by atoms with Crippen molar-refractivity contribution in [2.75, 3.05) is 11.9 Å². The smallest absolute Gasteiger partial charge is 0.187 e. The molecule has 1 saturated heterocycles. The summed E-state index contributed by atoms with van der Waals surface area (Å²) >= 11 is 0. The average molecular weight is 448 g/mol. The minimum atomic E-state index is -1.51. The first-order valence-corrected chi connectivity index (χ1v) is 11.0. The predicted octanol–water partition coefficient (Wildman–Crippen LogP) is 1.75. The molecule has 6 rings (SSSR count). The number of aliphatic hydroxyl groups excluding tert-OH is 4. The summed E-state index contributed by atoms with van der Waals surface area (Å²) < 4.78 is 12.0. The van der Waals surface area contributed by atoms with E-state index >= 15 is 0 Å². The Morgan fingerprint density at radius 1 is 0.879 bits per heavy atom. The van der Waals surface area contributed by atoms with E-state index in [0.717, 1.165) is 39.2 Å². The lowest BCUT2D eigenvalue weighted by Gasteiger charge is -2.44. The number of nitrogens with one attached hydrogen (secondary N) is 1. The SMILES string of the molecule is OC[C@H]1O[C@@H](OC2c3ccccc3-c3nccc4c3C2Nc2ccccc2-4)[C@H](O)[C@@H](O)[C@@H]1O. The minimum absolute atomic E-state index is 0.333. The maximum absolute atomic E-state index is 10.6. The molecule has 8 nitrogen and oxygen atoms in total. The molecule has 0 saturated carbocycles. The molecule has 0 amide bonds. The highest BCUT2D eigenvalue weighted by atomic mass is 16.7. The Morgan fingerprint density at radius 2 is 1.64 bits per heavy atom. The lowest BCUT2D eigenvalue weighted by Crippen LogP contribution is -2.59. The van der Waals surface area contributed by atoms with E-state index in [9.17, 15) is 20.4 Å². The van der Waals surface area contributed by atoms with Gasteiger partial charge in [-0.25, -0.2) is 0 Å². The van der Waals surface area contributed by atoms with Crippen LogP contribution in [0.2, 0.25) is 0 Å². The van der Waals surface area contributed by atoms with Crippen molar-refractivity contribution >= 4 is 5.69 Å². The first kappa shape index (κ1) is 20.7. The molecule has 1 fully saturated rings. The molecular weight excluding hydrogens is 424 g/mol. The van der Waals surface area contributed by atoms with Crippen molar-refractivity contribution < 1.29 is 29.9 Å². The molecule has 1 aliphatic carbocycles. The van der Waals surface area contributed by atoms with Crippen LogP contribution in [0.3, 0.4) is 0 Å². The summed E-state index contributed by atoms with van der Waals surface area (Å²) in [5, 5.41) is 44.2. The Kier molecular flexibility index (Phi) is 4.95. The van der Waals surface area contributed by atoms with Gasteiger partial charge in [0.2, 0.25) is 0 Å². The van der Waals surface area contributed by atoms with Crippen LogP contribution in [0.15, 0.2) is 60.8 Å². The number of hydrogen-bond acceptors (Lipinski definition) is 8. The van der Waals surface area contributed by atoms with Crippen LogP contribution in [0.4, 0.5) is 5.69 Å². The van der Waals surface area contributed by atoms with Crippen molar-refractivity contribution in [1.82, 2.24) is 4.98 Å². The molecule has 33 heavy (non-hydrogen) atoms. The normalized spacial score (nSPS) is 31.7. The molecule has 170 valence electrons. The third-order valence-electron chi connectivity index (χ3n) is 6.78. The van der Waals surface area contributed by atoms with E-state index in [1.807, 2.05) is 54.7 Å². The molecule has 3 aliphatic rings. The van der Waals surface area contributed by atoms with Crippen LogP contribution in [0.25, 0.3) is 22.4 Å². The topological polar surface area (TPSA) is 124 Å². The quantitative estimate of drug-likeness (QED) is 0.411. The van der Waals surface area contributed by atoms with E-state index in [2.05, 4.69) is 16.4 Å². The van der Waals surface area contributed by atoms with Gasteiger partial charge < -0.3 is 35.2 Å². The summed E-state index contributed by atoms with van der Waals surface area (Å²) in [6, 6.07) is 17.5. The number of benzene rings is 2. The van der Waals surface area contributed by atoms with Gasteiger partial charge in [-0.3, -0.25) is 4.98 Å². The average Bonchev–Trinajstić information content (AvgIpc) is 2.86. The largest absolute Gasteiger partial charge is 0.394 e. The molecule has 2 aromatic carbocycles. The van der Waals surface area contributed by atoms with Gasteiger partial charge in [0.25, 0.3) is 0 Å². The zero-order valence-electron chi connectivity index (χ0n) is 17.6. The third-order valence-corrected chi connectivity index (χ3v) is 6.78. The second kappa shape index (κ2) is 7.88. The summed E-state index contributed by atoms with van der Waals surface area (Å²) in [7, 11) is 0. The number of hydrogen-bond donors (Lipinski definition) is 5. The number of pyridine rings is 1. The van der Waals surface area contributed by atoms with Gasteiger partial charge in [-0.2, -0.15) is 0 Å². The zero-order chi connectivity index (χ0) is 22.7. The zero-order valence-corrected chi connectivity index (χ0v) is 17.6. The van der Waals surface area contributed by atoms with Crippen molar-refractivity contribution in [2.24, 2.45) is 0 Å². The van der Waals surface area contributed by atoms with E-state index in [1.165, 1.54) is 0 Å². The molecule has 0 radical (unpaired) electrons. The second-order valence-corrected chi connectivity index (χ2v) is 8.63. The second-order valence-electron chi connectivity index (χ2n) is 8.63. The van der Waals surface area contributed by atoms with Crippen LogP contribution in [0.5, 0.6) is 0 Å². The molecular formula is C25H24N2O6. The first-order valence-electron chi connectivity index (χ1n) is 11.0. The highest BCUT2D eigenvalue weighted by molar-refractivity contribution is 5.89. The molecule has 7 atom stereocenters. The summed E-state index contributed by atoms with van der Waals surface area (Å²) in [5.74, 6) is 0. The van der Waals surface area contributed by atoms with Gasteiger partial charge in [-0.1, -0.05) is 42.5 Å². The van der Waals surface area contributed by atoms with Crippen LogP contribution in [-0.4, -0.2) is 62.7 Å². The van der Waals surface area contributed by atoms with Crippen molar-refractivity contribution in [2.45, 2.75) is 42.9 Å². The fourth-order valence-corrected chi connectivity index (χ4v) is 5.16. The molecule has 3 aromatic rings. The van der Waals surface area contributed by atoms with Crippen LogP contribution < -0.4 is 5.32 Å². The van der Waals surface area contributed by atoms with E-state index in [1.54, 1.807) is 0 Å². The fraction of sp³-hybridized carbons (Fsp3) is 0.320. The number of nitrogens with zero attached hydrogens (tertiary/aromatic N) is 1. The Balaban J connectivity index is 1.47. The van der Waals surface area contributed by atoms with E-state index < -0.39 is 43.4 Å². The number of para-hydroxylation sites is 1. The predicted molar refractivity (Wildman–Crippen MR) is 119 cm³/mol. The molecule has 0 spiro atoms. The molecule has 2 aliphatic heterocycles. The van der Waals surface area contributed by atoms with Crippen molar-refractivity contribution in [1.29, 1.82) is 0 Å².